The number of benzene rings is 1. The molecule has 0 unspecified atom stereocenters. The molecular formula is C20H22ClF2N5O2S. The molecule has 1 aliphatic heterocycles. The van der Waals surface area contributed by atoms with Crippen LogP contribution in [0.4, 0.5) is 20.3 Å². The number of aromatic nitrogens is 1. The van der Waals surface area contributed by atoms with Crippen LogP contribution in [0.1, 0.15) is 22.3 Å². The van der Waals surface area contributed by atoms with Gasteiger partial charge in [0.1, 0.15) is 16.6 Å². The third-order valence-electron chi connectivity index (χ3n) is 4.93. The molecule has 1 atom stereocenters. The second-order valence-corrected chi connectivity index (χ2v) is 8.22. The first-order valence-corrected chi connectivity index (χ1v) is 10.2. The van der Waals surface area contributed by atoms with Crippen LogP contribution in [0.5, 0.6) is 5.75 Å². The van der Waals surface area contributed by atoms with Crippen LogP contribution in [0.15, 0.2) is 36.5 Å². The Morgan fingerprint density at radius 2 is 2.06 bits per heavy atom. The number of halogens is 3. The molecule has 1 fully saturated rings. The molecule has 0 saturated carbocycles. The molecule has 7 nitrogen and oxygen atoms in total. The Morgan fingerprint density at radius 1 is 1.39 bits per heavy atom. The van der Waals surface area contributed by atoms with E-state index in [1.807, 2.05) is 14.1 Å². The van der Waals surface area contributed by atoms with Crippen molar-refractivity contribution in [2.75, 3.05) is 37.4 Å². The van der Waals surface area contributed by atoms with Gasteiger partial charge in [0.2, 0.25) is 0 Å². The summed E-state index contributed by atoms with van der Waals surface area (Å²) in [5.74, 6) is 0.0683. The van der Waals surface area contributed by atoms with Gasteiger partial charge in [-0.2, -0.15) is 0 Å². The minimum atomic E-state index is -3.81. The number of ether oxygens (including phenoxy) is 1. The molecule has 3 N–H and O–H groups in total. The minimum Gasteiger partial charge on any atom is -0.420 e. The Kier molecular flexibility index (Phi) is 6.93. The predicted molar refractivity (Wildman–Crippen MR) is 120 cm³/mol. The summed E-state index contributed by atoms with van der Waals surface area (Å²) in [5, 5.41) is 2.67. The van der Waals surface area contributed by atoms with Gasteiger partial charge in [0.15, 0.2) is 0 Å². The highest BCUT2D eigenvalue weighted by Gasteiger charge is 2.28. The maximum Gasteiger partial charge on any atom is 0.487 e. The summed E-state index contributed by atoms with van der Waals surface area (Å²) in [7, 11) is 4.06. The fourth-order valence-corrected chi connectivity index (χ4v) is 3.55. The van der Waals surface area contributed by atoms with Gasteiger partial charge in [-0.3, -0.25) is 4.79 Å². The molecule has 31 heavy (non-hydrogen) atoms. The first-order valence-electron chi connectivity index (χ1n) is 9.42. The molecule has 1 aromatic heterocycles. The van der Waals surface area contributed by atoms with E-state index >= 15 is 0 Å². The maximum absolute atomic E-state index is 12.7. The van der Waals surface area contributed by atoms with Crippen molar-refractivity contribution < 1.29 is 18.3 Å². The topological polar surface area (TPSA) is 83.7 Å². The van der Waals surface area contributed by atoms with Crippen LogP contribution in [0, 0.1) is 0 Å². The predicted octanol–water partition coefficient (Wildman–Crippen LogP) is 3.28. The average Bonchev–Trinajstić information content (AvgIpc) is 3.18. The van der Waals surface area contributed by atoms with Crippen molar-refractivity contribution in [1.29, 1.82) is 0 Å². The normalized spacial score (nSPS) is 16.5. The summed E-state index contributed by atoms with van der Waals surface area (Å²) in [4.78, 5) is 21.5. The van der Waals surface area contributed by atoms with Crippen molar-refractivity contribution in [3.8, 4) is 5.75 Å². The summed E-state index contributed by atoms with van der Waals surface area (Å²) in [6.07, 6.45) is 2.45. The highest BCUT2D eigenvalue weighted by Crippen LogP contribution is 2.27. The van der Waals surface area contributed by atoms with Gasteiger partial charge in [-0.05, 0) is 50.8 Å². The van der Waals surface area contributed by atoms with E-state index in [-0.39, 0.29) is 16.3 Å². The van der Waals surface area contributed by atoms with Crippen LogP contribution in [0.3, 0.4) is 0 Å². The number of pyridine rings is 1. The fraction of sp³-hybridized carbons (Fsp3) is 0.350. The Labute approximate surface area is 189 Å². The third-order valence-corrected chi connectivity index (χ3v) is 5.23. The number of rotatable bonds is 7. The van der Waals surface area contributed by atoms with Crippen molar-refractivity contribution >= 4 is 46.2 Å². The molecule has 0 radical (unpaired) electrons. The number of nitrogens with one attached hydrogen (secondary N) is 1. The lowest BCUT2D eigenvalue weighted by molar-refractivity contribution is -0.0964. The highest BCUT2D eigenvalue weighted by molar-refractivity contribution is 7.80. The second-order valence-electron chi connectivity index (χ2n) is 7.34. The van der Waals surface area contributed by atoms with E-state index in [9.17, 15) is 13.6 Å². The summed E-state index contributed by atoms with van der Waals surface area (Å²) < 4.78 is 29.6. The molecule has 166 valence electrons. The number of alkyl halides is 3. The lowest BCUT2D eigenvalue weighted by atomic mass is 10.1. The number of nitrogens with two attached hydrogens (primary N) is 1. The SMILES string of the molecule is CN(C)[C@@H]1CCN(c2ncc(C(=O)Nc3ccc(OC(F)(F)Cl)cc3)cc2C(N)=S)C1. The largest absolute Gasteiger partial charge is 0.487 e. The average molecular weight is 470 g/mol. The lowest BCUT2D eigenvalue weighted by Crippen LogP contribution is -2.32. The monoisotopic (exact) mass is 469 g/mol. The van der Waals surface area contributed by atoms with Crippen molar-refractivity contribution in [2.24, 2.45) is 5.73 Å². The van der Waals surface area contributed by atoms with E-state index in [4.69, 9.17) is 29.6 Å². The third kappa shape index (κ3) is 5.99. The number of nitrogens with zero attached hydrogens (tertiary/aromatic N) is 3. The number of hydrogen-bond donors (Lipinski definition) is 2. The number of likely N-dealkylation sites (N-methyl/N-ethyl adjacent to an activating group) is 1. The molecule has 0 spiro atoms. The van der Waals surface area contributed by atoms with E-state index in [0.29, 0.717) is 23.1 Å². The summed E-state index contributed by atoms with van der Waals surface area (Å²) in [6, 6.07) is 7.36. The zero-order valence-electron chi connectivity index (χ0n) is 16.9. The van der Waals surface area contributed by atoms with Gasteiger partial charge < -0.3 is 25.6 Å². The standard InChI is InChI=1S/C20H22ClF2N5O2S/c1-27(2)14-7-8-28(11-14)18-16(17(24)31)9-12(10-25-18)19(29)26-13-3-5-15(6-4-13)30-20(21,22)23/h3-6,9-10,14H,7-8,11H2,1-2H3,(H2,24,31)(H,26,29)/t14-/m1/s1. The quantitative estimate of drug-likeness (QED) is 0.475. The zero-order valence-corrected chi connectivity index (χ0v) is 18.5. The van der Waals surface area contributed by atoms with Gasteiger partial charge in [0, 0.05) is 42.6 Å². The number of anilines is 2. The van der Waals surface area contributed by atoms with E-state index < -0.39 is 11.5 Å². The zero-order chi connectivity index (χ0) is 22.8. The summed E-state index contributed by atoms with van der Waals surface area (Å²) in [6.45, 7) is 1.60. The van der Waals surface area contributed by atoms with E-state index in [1.54, 1.807) is 6.07 Å². The fourth-order valence-electron chi connectivity index (χ4n) is 3.31. The molecule has 11 heteroatoms. The number of thiocarbonyl (C=S) groups is 1. The first-order chi connectivity index (χ1) is 14.5. The van der Waals surface area contributed by atoms with Crippen LogP contribution in [0.2, 0.25) is 0 Å². The number of hydrogen-bond acceptors (Lipinski definition) is 6. The maximum atomic E-state index is 12.7. The molecule has 2 heterocycles. The van der Waals surface area contributed by atoms with Crippen molar-refractivity contribution in [3.05, 3.63) is 47.7 Å². The van der Waals surface area contributed by atoms with Crippen LogP contribution in [-0.2, 0) is 0 Å². The van der Waals surface area contributed by atoms with Gasteiger partial charge in [0.25, 0.3) is 5.91 Å². The molecule has 1 saturated heterocycles. The molecular weight excluding hydrogens is 448 g/mol. The summed E-state index contributed by atoms with van der Waals surface area (Å²) >= 11 is 9.92. The van der Waals surface area contributed by atoms with Crippen molar-refractivity contribution in [1.82, 2.24) is 9.88 Å². The Hall–Kier alpha value is -2.56. The first kappa shape index (κ1) is 23.1. The van der Waals surface area contributed by atoms with Crippen LogP contribution in [0.25, 0.3) is 0 Å². The van der Waals surface area contributed by atoms with E-state index in [0.717, 1.165) is 19.5 Å². The van der Waals surface area contributed by atoms with Crippen molar-refractivity contribution in [2.45, 2.75) is 18.0 Å². The van der Waals surface area contributed by atoms with Gasteiger partial charge in [-0.25, -0.2) is 4.98 Å². The lowest BCUT2D eigenvalue weighted by Gasteiger charge is -2.23. The van der Waals surface area contributed by atoms with Gasteiger partial charge in [0.05, 0.1) is 11.1 Å². The smallest absolute Gasteiger partial charge is 0.420 e. The molecule has 0 aliphatic carbocycles. The van der Waals surface area contributed by atoms with Crippen LogP contribution < -0.4 is 20.7 Å². The van der Waals surface area contributed by atoms with Gasteiger partial charge in [-0.1, -0.05) is 12.2 Å². The van der Waals surface area contributed by atoms with Gasteiger partial charge in [-0.15, -0.1) is 8.78 Å². The Morgan fingerprint density at radius 3 is 2.61 bits per heavy atom. The number of carbonyl (C=O) groups excluding carboxylic acids is 1. The van der Waals surface area contributed by atoms with Crippen LogP contribution in [-0.4, -0.2) is 59.6 Å². The molecule has 0 bridgehead atoms. The van der Waals surface area contributed by atoms with Crippen molar-refractivity contribution in [3.63, 3.8) is 0 Å². The number of carbonyl (C=O) groups is 1. The molecule has 2 aromatic rings. The highest BCUT2D eigenvalue weighted by atomic mass is 35.5. The van der Waals surface area contributed by atoms with Gasteiger partial charge >= 0.3 is 5.57 Å². The Bertz CT molecular complexity index is 969. The second kappa shape index (κ2) is 9.29. The van der Waals surface area contributed by atoms with Crippen LogP contribution >= 0.6 is 23.8 Å². The Balaban J connectivity index is 1.74. The molecule has 1 aromatic carbocycles. The number of amides is 1. The van der Waals surface area contributed by atoms with E-state index in [2.05, 4.69) is 24.8 Å². The molecule has 1 amide bonds. The molecule has 3 rings (SSSR count). The minimum absolute atomic E-state index is 0.138. The van der Waals surface area contributed by atoms with E-state index in [1.165, 1.54) is 30.5 Å². The molecule has 1 aliphatic rings. The summed E-state index contributed by atoms with van der Waals surface area (Å²) in [5.41, 5.74) is 3.26.